The second-order valence-electron chi connectivity index (χ2n) is 4.58. The molecule has 1 aromatic rings. The Balaban J connectivity index is 1.65. The van der Waals surface area contributed by atoms with Gasteiger partial charge in [0.05, 0.1) is 0 Å². The number of amides is 2. The summed E-state index contributed by atoms with van der Waals surface area (Å²) in [5, 5.41) is 6.13. The van der Waals surface area contributed by atoms with Crippen LogP contribution in [0.2, 0.25) is 0 Å². The molecule has 2 N–H and O–H groups in total. The van der Waals surface area contributed by atoms with Gasteiger partial charge in [0.15, 0.2) is 0 Å². The minimum Gasteiger partial charge on any atom is -0.319 e. The number of benzene rings is 1. The molecule has 2 heterocycles. The summed E-state index contributed by atoms with van der Waals surface area (Å²) < 4.78 is 12.7. The van der Waals surface area contributed by atoms with Crippen LogP contribution in [0.15, 0.2) is 24.3 Å². The van der Waals surface area contributed by atoms with Gasteiger partial charge >= 0.3 is 6.03 Å². The number of rotatable bonds is 1. The molecule has 2 amide bonds. The van der Waals surface area contributed by atoms with Crippen molar-refractivity contribution in [2.45, 2.75) is 18.5 Å². The average molecular weight is 235 g/mol. The first-order valence-electron chi connectivity index (χ1n) is 5.79. The van der Waals surface area contributed by atoms with Crippen LogP contribution in [0, 0.1) is 5.82 Å². The number of piperazine rings is 1. The van der Waals surface area contributed by atoms with Crippen molar-refractivity contribution in [1.29, 1.82) is 0 Å². The Morgan fingerprint density at radius 2 is 2.18 bits per heavy atom. The summed E-state index contributed by atoms with van der Waals surface area (Å²) in [7, 11) is 0. The van der Waals surface area contributed by atoms with Crippen molar-refractivity contribution in [3.8, 4) is 0 Å². The molecule has 4 nitrogen and oxygen atoms in total. The first kappa shape index (κ1) is 10.5. The SMILES string of the molecule is O=C(Nc1ccc(F)cc1)N1CC2CC1CN2. The Morgan fingerprint density at radius 1 is 1.41 bits per heavy atom. The summed E-state index contributed by atoms with van der Waals surface area (Å²) in [5.74, 6) is -0.299. The number of likely N-dealkylation sites (tertiary alicyclic amines) is 1. The second-order valence-corrected chi connectivity index (χ2v) is 4.58. The molecule has 2 unspecified atom stereocenters. The van der Waals surface area contributed by atoms with E-state index in [9.17, 15) is 9.18 Å². The molecule has 17 heavy (non-hydrogen) atoms. The Bertz CT molecular complexity index is 434. The van der Waals surface area contributed by atoms with Crippen molar-refractivity contribution in [3.63, 3.8) is 0 Å². The number of nitrogens with one attached hydrogen (secondary N) is 2. The lowest BCUT2D eigenvalue weighted by Crippen LogP contribution is -2.48. The zero-order valence-electron chi connectivity index (χ0n) is 9.32. The minimum absolute atomic E-state index is 0.0920. The van der Waals surface area contributed by atoms with E-state index >= 15 is 0 Å². The second kappa shape index (κ2) is 4.00. The monoisotopic (exact) mass is 235 g/mol. The van der Waals surface area contributed by atoms with Crippen molar-refractivity contribution in [1.82, 2.24) is 10.2 Å². The largest absolute Gasteiger partial charge is 0.322 e. The van der Waals surface area contributed by atoms with E-state index in [4.69, 9.17) is 0 Å². The molecule has 1 aromatic carbocycles. The number of anilines is 1. The van der Waals surface area contributed by atoms with Crippen molar-refractivity contribution < 1.29 is 9.18 Å². The summed E-state index contributed by atoms with van der Waals surface area (Å²) in [6.07, 6.45) is 1.04. The van der Waals surface area contributed by atoms with Gasteiger partial charge in [-0.1, -0.05) is 0 Å². The number of hydrogen-bond acceptors (Lipinski definition) is 2. The van der Waals surface area contributed by atoms with Gasteiger partial charge in [0.2, 0.25) is 0 Å². The van der Waals surface area contributed by atoms with Crippen molar-refractivity contribution >= 4 is 11.7 Å². The van der Waals surface area contributed by atoms with Crippen molar-refractivity contribution in [2.75, 3.05) is 18.4 Å². The molecule has 2 saturated heterocycles. The Morgan fingerprint density at radius 3 is 2.76 bits per heavy atom. The lowest BCUT2D eigenvalue weighted by Gasteiger charge is -2.27. The molecule has 2 atom stereocenters. The summed E-state index contributed by atoms with van der Waals surface area (Å²) in [4.78, 5) is 13.8. The van der Waals surface area contributed by atoms with E-state index in [-0.39, 0.29) is 11.8 Å². The number of carbonyl (C=O) groups excluding carboxylic acids is 1. The molecule has 3 rings (SSSR count). The zero-order chi connectivity index (χ0) is 11.8. The van der Waals surface area contributed by atoms with Gasteiger partial charge in [-0.25, -0.2) is 9.18 Å². The van der Waals surface area contributed by atoms with Crippen LogP contribution in [0.4, 0.5) is 14.9 Å². The van der Waals surface area contributed by atoms with Crippen LogP contribution in [0.1, 0.15) is 6.42 Å². The minimum atomic E-state index is -0.299. The van der Waals surface area contributed by atoms with Crippen LogP contribution in [0.25, 0.3) is 0 Å². The molecular formula is C12H14FN3O. The van der Waals surface area contributed by atoms with Gasteiger partial charge in [-0.05, 0) is 30.7 Å². The molecule has 2 bridgehead atoms. The van der Waals surface area contributed by atoms with Gasteiger partial charge in [-0.3, -0.25) is 0 Å². The van der Waals surface area contributed by atoms with E-state index in [1.54, 1.807) is 12.1 Å². The van der Waals surface area contributed by atoms with Crippen LogP contribution in [0.3, 0.4) is 0 Å². The molecule has 0 spiro atoms. The normalized spacial score (nSPS) is 26.3. The fourth-order valence-corrected chi connectivity index (χ4v) is 2.54. The fourth-order valence-electron chi connectivity index (χ4n) is 2.54. The lowest BCUT2D eigenvalue weighted by molar-refractivity contribution is 0.199. The topological polar surface area (TPSA) is 44.4 Å². The Kier molecular flexibility index (Phi) is 2.48. The molecule has 0 aliphatic carbocycles. The van der Waals surface area contributed by atoms with Gasteiger partial charge in [0.25, 0.3) is 0 Å². The Labute approximate surface area is 98.8 Å². The molecule has 90 valence electrons. The number of nitrogens with zero attached hydrogens (tertiary/aromatic N) is 1. The van der Waals surface area contributed by atoms with Crippen LogP contribution >= 0.6 is 0 Å². The maximum Gasteiger partial charge on any atom is 0.322 e. The third kappa shape index (κ3) is 1.98. The summed E-state index contributed by atoms with van der Waals surface area (Å²) in [5.41, 5.74) is 0.632. The van der Waals surface area contributed by atoms with Crippen LogP contribution in [-0.4, -0.2) is 36.1 Å². The Hall–Kier alpha value is -1.62. The van der Waals surface area contributed by atoms with E-state index < -0.39 is 0 Å². The van der Waals surface area contributed by atoms with Crippen LogP contribution in [0.5, 0.6) is 0 Å². The highest BCUT2D eigenvalue weighted by atomic mass is 19.1. The number of fused-ring (bicyclic) bond motifs is 2. The standard InChI is InChI=1S/C12H14FN3O/c13-8-1-3-9(4-2-8)15-12(17)16-7-10-5-11(16)6-14-10/h1-4,10-11,14H,5-7H2,(H,15,17). The van der Waals surface area contributed by atoms with Crippen LogP contribution in [-0.2, 0) is 0 Å². The number of urea groups is 1. The third-order valence-electron chi connectivity index (χ3n) is 3.41. The van der Waals surface area contributed by atoms with E-state index in [1.807, 2.05) is 4.90 Å². The first-order valence-corrected chi connectivity index (χ1v) is 5.79. The van der Waals surface area contributed by atoms with Gasteiger partial charge in [-0.2, -0.15) is 0 Å². The van der Waals surface area contributed by atoms with Gasteiger partial charge in [-0.15, -0.1) is 0 Å². The maximum atomic E-state index is 12.7. The molecule has 0 saturated carbocycles. The molecule has 0 radical (unpaired) electrons. The van der Waals surface area contributed by atoms with E-state index in [2.05, 4.69) is 10.6 Å². The lowest BCUT2D eigenvalue weighted by atomic mass is 10.2. The summed E-state index contributed by atoms with van der Waals surface area (Å²) in [6, 6.07) is 6.48. The molecule has 2 aliphatic heterocycles. The highest BCUT2D eigenvalue weighted by molar-refractivity contribution is 5.89. The molecule has 2 fully saturated rings. The van der Waals surface area contributed by atoms with E-state index in [1.165, 1.54) is 12.1 Å². The quantitative estimate of drug-likeness (QED) is 0.773. The van der Waals surface area contributed by atoms with E-state index in [0.29, 0.717) is 17.8 Å². The predicted octanol–water partition coefficient (Wildman–Crippen LogP) is 1.40. The van der Waals surface area contributed by atoms with Crippen LogP contribution < -0.4 is 10.6 Å². The van der Waals surface area contributed by atoms with Gasteiger partial charge in [0, 0.05) is 30.9 Å². The highest BCUT2D eigenvalue weighted by Crippen LogP contribution is 2.24. The average Bonchev–Trinajstić information content (AvgIpc) is 2.94. The van der Waals surface area contributed by atoms with Gasteiger partial charge < -0.3 is 15.5 Å². The third-order valence-corrected chi connectivity index (χ3v) is 3.41. The van der Waals surface area contributed by atoms with Crippen molar-refractivity contribution in [2.24, 2.45) is 0 Å². The summed E-state index contributed by atoms with van der Waals surface area (Å²) in [6.45, 7) is 1.64. The molecule has 2 aliphatic rings. The summed E-state index contributed by atoms with van der Waals surface area (Å²) >= 11 is 0. The smallest absolute Gasteiger partial charge is 0.319 e. The first-order chi connectivity index (χ1) is 8.22. The fraction of sp³-hybridized carbons (Fsp3) is 0.417. The zero-order valence-corrected chi connectivity index (χ0v) is 9.32. The molecule has 5 heteroatoms. The number of halogens is 1. The predicted molar refractivity (Wildman–Crippen MR) is 62.3 cm³/mol. The van der Waals surface area contributed by atoms with Gasteiger partial charge in [0.1, 0.15) is 5.82 Å². The van der Waals surface area contributed by atoms with Crippen molar-refractivity contribution in [3.05, 3.63) is 30.1 Å². The highest BCUT2D eigenvalue weighted by Gasteiger charge is 2.40. The maximum absolute atomic E-state index is 12.7. The van der Waals surface area contributed by atoms with E-state index in [0.717, 1.165) is 19.5 Å². The molecule has 0 aromatic heterocycles. The molecular weight excluding hydrogens is 221 g/mol. The number of hydrogen-bond donors (Lipinski definition) is 2. The number of carbonyl (C=O) groups is 1.